The topological polar surface area (TPSA) is 84.0 Å². The molecular weight excluding hydrogens is 368 g/mol. The number of nitrogens with one attached hydrogen (secondary N) is 3. The van der Waals surface area contributed by atoms with Gasteiger partial charge in [-0.3, -0.25) is 4.79 Å². The minimum atomic E-state index is -0.274. The number of ether oxygens (including phenoxy) is 2. The first-order valence-corrected chi connectivity index (χ1v) is 9.40. The van der Waals surface area contributed by atoms with Gasteiger partial charge in [-0.25, -0.2) is 4.99 Å². The monoisotopic (exact) mass is 398 g/mol. The van der Waals surface area contributed by atoms with Gasteiger partial charge in [0.25, 0.3) is 0 Å². The van der Waals surface area contributed by atoms with Gasteiger partial charge in [-0.05, 0) is 52.3 Å². The number of rotatable bonds is 8. The molecule has 27 heavy (non-hydrogen) atoms. The Hall–Kier alpha value is -2.15. The van der Waals surface area contributed by atoms with Crippen LogP contribution in [-0.2, 0) is 11.3 Å². The number of benzene rings is 1. The molecule has 1 aromatic rings. The lowest BCUT2D eigenvalue weighted by atomic mass is 10.1. The standard InChI is InChI=1S/C19H31ClN4O3/c1-7-21-18(23-12-16(25)24-19(3,4)5)22-11-13-9-14(20)17(27-8-2)15(10-13)26-6/h9-10H,7-8,11-12H2,1-6H3,(H,24,25)(H2,21,22,23). The molecular formula is C19H31ClN4O3. The van der Waals surface area contributed by atoms with Crippen molar-refractivity contribution in [3.63, 3.8) is 0 Å². The molecule has 0 fully saturated rings. The number of guanidine groups is 1. The predicted octanol–water partition coefficient (Wildman–Crippen LogP) is 2.72. The number of nitrogens with zero attached hydrogens (tertiary/aromatic N) is 1. The second kappa shape index (κ2) is 10.9. The summed E-state index contributed by atoms with van der Waals surface area (Å²) in [5, 5.41) is 9.52. The largest absolute Gasteiger partial charge is 0.493 e. The maximum Gasteiger partial charge on any atom is 0.239 e. The molecule has 0 unspecified atom stereocenters. The highest BCUT2D eigenvalue weighted by molar-refractivity contribution is 6.32. The van der Waals surface area contributed by atoms with E-state index in [1.807, 2.05) is 40.7 Å². The maximum atomic E-state index is 12.0. The Morgan fingerprint density at radius 1 is 1.22 bits per heavy atom. The maximum absolute atomic E-state index is 12.0. The van der Waals surface area contributed by atoms with Gasteiger partial charge in [0.2, 0.25) is 5.91 Å². The quantitative estimate of drug-likeness (QED) is 0.463. The lowest BCUT2D eigenvalue weighted by Gasteiger charge is -2.21. The van der Waals surface area contributed by atoms with E-state index in [0.717, 1.165) is 5.56 Å². The van der Waals surface area contributed by atoms with E-state index < -0.39 is 0 Å². The molecule has 7 nitrogen and oxygen atoms in total. The lowest BCUT2D eigenvalue weighted by Crippen LogP contribution is -2.48. The molecule has 0 saturated heterocycles. The number of aliphatic imine (C=N–C) groups is 1. The summed E-state index contributed by atoms with van der Waals surface area (Å²) in [6.07, 6.45) is 0. The summed E-state index contributed by atoms with van der Waals surface area (Å²) in [5.41, 5.74) is 0.598. The Morgan fingerprint density at radius 3 is 2.48 bits per heavy atom. The Bertz CT molecular complexity index is 657. The van der Waals surface area contributed by atoms with E-state index in [9.17, 15) is 4.79 Å². The smallest absolute Gasteiger partial charge is 0.239 e. The molecule has 0 aliphatic heterocycles. The Labute approximate surface area is 166 Å². The van der Waals surface area contributed by atoms with Crippen molar-refractivity contribution >= 4 is 23.5 Å². The summed E-state index contributed by atoms with van der Waals surface area (Å²) in [4.78, 5) is 16.5. The van der Waals surface area contributed by atoms with Crippen molar-refractivity contribution < 1.29 is 14.3 Å². The molecule has 1 aromatic carbocycles. The van der Waals surface area contributed by atoms with Crippen LogP contribution in [0.5, 0.6) is 11.5 Å². The molecule has 8 heteroatoms. The number of amides is 1. The van der Waals surface area contributed by atoms with Crippen molar-refractivity contribution in [2.45, 2.75) is 46.7 Å². The number of hydrogen-bond donors (Lipinski definition) is 3. The van der Waals surface area contributed by atoms with Crippen LogP contribution in [0.4, 0.5) is 0 Å². The minimum Gasteiger partial charge on any atom is -0.493 e. The zero-order valence-electron chi connectivity index (χ0n) is 17.0. The highest BCUT2D eigenvalue weighted by Crippen LogP contribution is 2.36. The molecule has 0 atom stereocenters. The van der Waals surface area contributed by atoms with Crippen molar-refractivity contribution in [2.75, 3.05) is 26.8 Å². The van der Waals surface area contributed by atoms with Crippen LogP contribution in [0, 0.1) is 0 Å². The molecule has 3 N–H and O–H groups in total. The van der Waals surface area contributed by atoms with Gasteiger partial charge in [-0.15, -0.1) is 0 Å². The first-order chi connectivity index (χ1) is 12.7. The average molecular weight is 399 g/mol. The van der Waals surface area contributed by atoms with Gasteiger partial charge in [-0.2, -0.15) is 0 Å². The lowest BCUT2D eigenvalue weighted by molar-refractivity contribution is -0.121. The number of halogens is 1. The number of carbonyl (C=O) groups excluding carboxylic acids is 1. The summed E-state index contributed by atoms with van der Waals surface area (Å²) in [6, 6.07) is 3.64. The molecule has 0 saturated carbocycles. The fourth-order valence-electron chi connectivity index (χ4n) is 2.29. The van der Waals surface area contributed by atoms with E-state index >= 15 is 0 Å². The average Bonchev–Trinajstić information content (AvgIpc) is 2.57. The third-order valence-electron chi connectivity index (χ3n) is 3.27. The zero-order valence-corrected chi connectivity index (χ0v) is 17.8. The van der Waals surface area contributed by atoms with E-state index in [-0.39, 0.29) is 18.0 Å². The van der Waals surface area contributed by atoms with Crippen LogP contribution in [0.15, 0.2) is 17.1 Å². The first-order valence-electron chi connectivity index (χ1n) is 9.02. The summed E-state index contributed by atoms with van der Waals surface area (Å²) in [7, 11) is 1.57. The van der Waals surface area contributed by atoms with Gasteiger partial charge < -0.3 is 25.4 Å². The number of hydrogen-bond acceptors (Lipinski definition) is 4. The van der Waals surface area contributed by atoms with Gasteiger partial charge in [0.15, 0.2) is 17.5 Å². The van der Waals surface area contributed by atoms with Gasteiger partial charge in [0.1, 0.15) is 0 Å². The highest BCUT2D eigenvalue weighted by Gasteiger charge is 2.14. The van der Waals surface area contributed by atoms with Crippen molar-refractivity contribution in [2.24, 2.45) is 4.99 Å². The van der Waals surface area contributed by atoms with E-state index in [0.29, 0.717) is 42.2 Å². The Kier molecular flexibility index (Phi) is 9.21. The van der Waals surface area contributed by atoms with Crippen molar-refractivity contribution in [3.05, 3.63) is 22.7 Å². The van der Waals surface area contributed by atoms with Crippen LogP contribution in [0.25, 0.3) is 0 Å². The SMILES string of the molecule is CCNC(=NCc1cc(Cl)c(OCC)c(OC)c1)NCC(=O)NC(C)(C)C. The van der Waals surface area contributed by atoms with Gasteiger partial charge in [-0.1, -0.05) is 11.6 Å². The zero-order chi connectivity index (χ0) is 20.4. The highest BCUT2D eigenvalue weighted by atomic mass is 35.5. The number of carbonyl (C=O) groups is 1. The van der Waals surface area contributed by atoms with Crippen LogP contribution >= 0.6 is 11.6 Å². The van der Waals surface area contributed by atoms with Crippen molar-refractivity contribution in [1.29, 1.82) is 0 Å². The molecule has 0 bridgehead atoms. The minimum absolute atomic E-state index is 0.0983. The van der Waals surface area contributed by atoms with Gasteiger partial charge in [0.05, 0.1) is 31.8 Å². The fourth-order valence-corrected chi connectivity index (χ4v) is 2.58. The van der Waals surface area contributed by atoms with Crippen LogP contribution in [-0.4, -0.2) is 44.2 Å². The summed E-state index contributed by atoms with van der Waals surface area (Å²) < 4.78 is 10.9. The van der Waals surface area contributed by atoms with Crippen LogP contribution < -0.4 is 25.4 Å². The summed E-state index contributed by atoms with van der Waals surface area (Å²) in [5.74, 6) is 1.54. The summed E-state index contributed by atoms with van der Waals surface area (Å²) in [6.45, 7) is 11.4. The van der Waals surface area contributed by atoms with Crippen LogP contribution in [0.1, 0.15) is 40.2 Å². The van der Waals surface area contributed by atoms with E-state index in [4.69, 9.17) is 21.1 Å². The molecule has 0 aromatic heterocycles. The van der Waals surface area contributed by atoms with E-state index in [1.165, 1.54) is 0 Å². The van der Waals surface area contributed by atoms with Crippen molar-refractivity contribution in [3.8, 4) is 11.5 Å². The van der Waals surface area contributed by atoms with Crippen LogP contribution in [0.2, 0.25) is 5.02 Å². The number of methoxy groups -OCH3 is 1. The molecule has 0 aliphatic rings. The third kappa shape index (κ3) is 8.39. The van der Waals surface area contributed by atoms with E-state index in [2.05, 4.69) is 20.9 Å². The van der Waals surface area contributed by atoms with Gasteiger partial charge in [0, 0.05) is 12.1 Å². The fraction of sp³-hybridized carbons (Fsp3) is 0.579. The molecule has 0 aliphatic carbocycles. The Balaban J connectivity index is 2.83. The molecule has 0 spiro atoms. The third-order valence-corrected chi connectivity index (χ3v) is 3.55. The van der Waals surface area contributed by atoms with Crippen LogP contribution in [0.3, 0.4) is 0 Å². The van der Waals surface area contributed by atoms with E-state index in [1.54, 1.807) is 13.2 Å². The molecule has 1 amide bonds. The molecule has 0 heterocycles. The Morgan fingerprint density at radius 2 is 1.93 bits per heavy atom. The molecule has 152 valence electrons. The van der Waals surface area contributed by atoms with Gasteiger partial charge >= 0.3 is 0 Å². The molecule has 0 radical (unpaired) electrons. The molecule has 1 rings (SSSR count). The first kappa shape index (κ1) is 22.9. The normalized spacial score (nSPS) is 11.7. The van der Waals surface area contributed by atoms with Crippen molar-refractivity contribution in [1.82, 2.24) is 16.0 Å². The predicted molar refractivity (Wildman–Crippen MR) is 110 cm³/mol. The second-order valence-electron chi connectivity index (χ2n) is 6.89. The summed E-state index contributed by atoms with van der Waals surface area (Å²) >= 11 is 6.30. The second-order valence-corrected chi connectivity index (χ2v) is 7.30.